The number of nitrogens with one attached hydrogen (secondary N) is 2. The van der Waals surface area contributed by atoms with Crippen LogP contribution in [0.1, 0.15) is 56.1 Å². The van der Waals surface area contributed by atoms with Gasteiger partial charge in [-0.05, 0) is 82.4 Å². The predicted octanol–water partition coefficient (Wildman–Crippen LogP) is 3.83. The van der Waals surface area contributed by atoms with Crippen LogP contribution in [-0.4, -0.2) is 62.1 Å². The molecule has 0 bridgehead atoms. The monoisotopic (exact) mass is 513 g/mol. The summed E-state index contributed by atoms with van der Waals surface area (Å²) in [6, 6.07) is 9.05. The molecule has 0 spiro atoms. The molecular weight excluding hydrogens is 473 g/mol. The van der Waals surface area contributed by atoms with Crippen LogP contribution >= 0.6 is 24.0 Å². The number of nitrogens with zero attached hydrogens (tertiary/aromatic N) is 3. The lowest BCUT2D eigenvalue weighted by molar-refractivity contribution is 0.221. The van der Waals surface area contributed by atoms with Crippen LogP contribution in [0.25, 0.3) is 0 Å². The van der Waals surface area contributed by atoms with Gasteiger partial charge in [-0.25, -0.2) is 0 Å². The molecular formula is C23H40IN5. The van der Waals surface area contributed by atoms with E-state index in [2.05, 4.69) is 49.7 Å². The van der Waals surface area contributed by atoms with Crippen molar-refractivity contribution in [1.29, 1.82) is 0 Å². The molecule has 3 rings (SSSR count). The number of aliphatic imine (C=N–C) groups is 1. The number of guanidine groups is 1. The van der Waals surface area contributed by atoms with Gasteiger partial charge in [0.05, 0.1) is 0 Å². The normalized spacial score (nSPS) is 18.4. The van der Waals surface area contributed by atoms with Crippen molar-refractivity contribution in [2.75, 3.05) is 46.3 Å². The molecule has 0 aromatic heterocycles. The van der Waals surface area contributed by atoms with Gasteiger partial charge in [0.25, 0.3) is 0 Å². The zero-order chi connectivity index (χ0) is 19.4. The quantitative estimate of drug-likeness (QED) is 0.228. The lowest BCUT2D eigenvalue weighted by atomic mass is 10.1. The van der Waals surface area contributed by atoms with E-state index >= 15 is 0 Å². The third kappa shape index (κ3) is 9.22. The van der Waals surface area contributed by atoms with Crippen LogP contribution in [0, 0.1) is 0 Å². The Morgan fingerprint density at radius 2 is 1.45 bits per heavy atom. The number of hydrogen-bond acceptors (Lipinski definition) is 3. The first-order chi connectivity index (χ1) is 13.8. The van der Waals surface area contributed by atoms with Gasteiger partial charge in [0.1, 0.15) is 0 Å². The summed E-state index contributed by atoms with van der Waals surface area (Å²) in [7, 11) is 1.85. The molecule has 5 nitrogen and oxygen atoms in total. The van der Waals surface area contributed by atoms with E-state index in [9.17, 15) is 0 Å². The lowest BCUT2D eigenvalue weighted by Crippen LogP contribution is -2.37. The number of likely N-dealkylation sites (tertiary alicyclic amines) is 2. The van der Waals surface area contributed by atoms with Crippen LogP contribution in [0.5, 0.6) is 0 Å². The highest BCUT2D eigenvalue weighted by molar-refractivity contribution is 14.0. The summed E-state index contributed by atoms with van der Waals surface area (Å²) in [5, 5.41) is 6.88. The average Bonchev–Trinajstić information content (AvgIpc) is 3.25. The van der Waals surface area contributed by atoms with Crippen molar-refractivity contribution < 1.29 is 0 Å². The molecule has 0 atom stereocenters. The molecule has 164 valence electrons. The van der Waals surface area contributed by atoms with Gasteiger partial charge in [0, 0.05) is 26.7 Å². The Morgan fingerprint density at radius 1 is 0.828 bits per heavy atom. The second-order valence-electron chi connectivity index (χ2n) is 8.26. The molecule has 6 heteroatoms. The number of unbranched alkanes of at least 4 members (excludes halogenated alkanes) is 1. The highest BCUT2D eigenvalue weighted by Crippen LogP contribution is 2.13. The first-order valence-corrected chi connectivity index (χ1v) is 11.3. The predicted molar refractivity (Wildman–Crippen MR) is 134 cm³/mol. The summed E-state index contributed by atoms with van der Waals surface area (Å²) in [5.74, 6) is 0.901. The van der Waals surface area contributed by atoms with Gasteiger partial charge >= 0.3 is 0 Å². The fourth-order valence-electron chi connectivity index (χ4n) is 4.22. The van der Waals surface area contributed by atoms with Crippen LogP contribution in [0.15, 0.2) is 29.3 Å². The standard InChI is InChI=1S/C23H39N5.HI/c1-24-23(25-13-3-6-14-27-15-7-8-16-27)26-19-21-9-11-22(12-10-21)20-28-17-4-2-5-18-28;/h9-12H,2-8,13-20H2,1H3,(H2,24,25,26);1H. The van der Waals surface area contributed by atoms with Gasteiger partial charge in [0.15, 0.2) is 5.96 Å². The first kappa shape index (κ1) is 24.4. The molecule has 1 aromatic rings. The van der Waals surface area contributed by atoms with Gasteiger partial charge in [-0.2, -0.15) is 0 Å². The zero-order valence-corrected chi connectivity index (χ0v) is 20.5. The number of piperidine rings is 1. The lowest BCUT2D eigenvalue weighted by Gasteiger charge is -2.26. The molecule has 2 fully saturated rings. The van der Waals surface area contributed by atoms with Crippen LogP contribution < -0.4 is 10.6 Å². The maximum Gasteiger partial charge on any atom is 0.191 e. The molecule has 0 amide bonds. The third-order valence-corrected chi connectivity index (χ3v) is 5.95. The summed E-state index contributed by atoms with van der Waals surface area (Å²) < 4.78 is 0. The minimum Gasteiger partial charge on any atom is -0.356 e. The van der Waals surface area contributed by atoms with Gasteiger partial charge in [-0.3, -0.25) is 9.89 Å². The number of hydrogen-bond donors (Lipinski definition) is 2. The molecule has 2 aliphatic heterocycles. The Hall–Kier alpha value is -0.860. The van der Waals surface area contributed by atoms with Crippen LogP contribution in [-0.2, 0) is 13.1 Å². The molecule has 0 radical (unpaired) electrons. The first-order valence-electron chi connectivity index (χ1n) is 11.3. The zero-order valence-electron chi connectivity index (χ0n) is 18.2. The maximum absolute atomic E-state index is 4.35. The molecule has 0 unspecified atom stereocenters. The fraction of sp³-hybridized carbons (Fsp3) is 0.696. The fourth-order valence-corrected chi connectivity index (χ4v) is 4.22. The summed E-state index contributed by atoms with van der Waals surface area (Å²) in [4.78, 5) is 9.51. The van der Waals surface area contributed by atoms with E-state index in [4.69, 9.17) is 0 Å². The summed E-state index contributed by atoms with van der Waals surface area (Å²) in [6.07, 6.45) is 9.33. The molecule has 0 aliphatic carbocycles. The molecule has 2 N–H and O–H groups in total. The van der Waals surface area contributed by atoms with E-state index in [-0.39, 0.29) is 24.0 Å². The van der Waals surface area contributed by atoms with E-state index in [1.165, 1.54) is 88.8 Å². The number of rotatable bonds is 9. The Kier molecular flexibility index (Phi) is 12.0. The highest BCUT2D eigenvalue weighted by atomic mass is 127. The van der Waals surface area contributed by atoms with Gasteiger partial charge in [-0.15, -0.1) is 24.0 Å². The SMILES string of the molecule is CN=C(NCCCCN1CCCC1)NCc1ccc(CN2CCCCC2)cc1.I. The Labute approximate surface area is 194 Å². The van der Waals surface area contributed by atoms with E-state index in [0.717, 1.165) is 25.6 Å². The molecule has 2 saturated heterocycles. The van der Waals surface area contributed by atoms with Crippen molar-refractivity contribution in [2.45, 2.75) is 58.0 Å². The van der Waals surface area contributed by atoms with Crippen LogP contribution in [0.4, 0.5) is 0 Å². The number of halogens is 1. The average molecular weight is 514 g/mol. The highest BCUT2D eigenvalue weighted by Gasteiger charge is 2.11. The molecule has 1 aromatic carbocycles. The van der Waals surface area contributed by atoms with Crippen molar-refractivity contribution in [2.24, 2.45) is 4.99 Å². The molecule has 29 heavy (non-hydrogen) atoms. The maximum atomic E-state index is 4.35. The summed E-state index contributed by atoms with van der Waals surface area (Å²) >= 11 is 0. The Bertz CT molecular complexity index is 577. The van der Waals surface area contributed by atoms with Crippen molar-refractivity contribution >= 4 is 29.9 Å². The largest absolute Gasteiger partial charge is 0.356 e. The molecule has 2 heterocycles. The van der Waals surface area contributed by atoms with Gasteiger partial charge < -0.3 is 15.5 Å². The van der Waals surface area contributed by atoms with Gasteiger partial charge in [-0.1, -0.05) is 30.7 Å². The topological polar surface area (TPSA) is 42.9 Å². The minimum atomic E-state index is 0. The van der Waals surface area contributed by atoms with Crippen molar-refractivity contribution in [3.05, 3.63) is 35.4 Å². The Balaban J connectivity index is 0.00000300. The summed E-state index contributed by atoms with van der Waals surface area (Å²) in [5.41, 5.74) is 2.73. The van der Waals surface area contributed by atoms with E-state index in [1.807, 2.05) is 7.05 Å². The molecule has 0 saturated carbocycles. The summed E-state index contributed by atoms with van der Waals surface area (Å²) in [6.45, 7) is 9.25. The molecule has 2 aliphatic rings. The number of benzene rings is 1. The van der Waals surface area contributed by atoms with Gasteiger partial charge in [0.2, 0.25) is 0 Å². The Morgan fingerprint density at radius 3 is 2.14 bits per heavy atom. The smallest absolute Gasteiger partial charge is 0.191 e. The van der Waals surface area contributed by atoms with Crippen molar-refractivity contribution in [3.63, 3.8) is 0 Å². The second kappa shape index (κ2) is 14.2. The van der Waals surface area contributed by atoms with E-state index in [0.29, 0.717) is 0 Å². The minimum absolute atomic E-state index is 0. The van der Waals surface area contributed by atoms with Crippen molar-refractivity contribution in [1.82, 2.24) is 20.4 Å². The van der Waals surface area contributed by atoms with Crippen LogP contribution in [0.3, 0.4) is 0 Å². The second-order valence-corrected chi connectivity index (χ2v) is 8.26. The van der Waals surface area contributed by atoms with E-state index < -0.39 is 0 Å². The van der Waals surface area contributed by atoms with E-state index in [1.54, 1.807) is 0 Å². The van der Waals surface area contributed by atoms with Crippen molar-refractivity contribution in [3.8, 4) is 0 Å². The van der Waals surface area contributed by atoms with Crippen LogP contribution in [0.2, 0.25) is 0 Å². The third-order valence-electron chi connectivity index (χ3n) is 5.95.